The fourth-order valence-electron chi connectivity index (χ4n) is 2.18. The second kappa shape index (κ2) is 7.19. The Kier molecular flexibility index (Phi) is 5.72. The van der Waals surface area contributed by atoms with Crippen molar-refractivity contribution in [2.75, 3.05) is 11.9 Å². The Bertz CT molecular complexity index is 952. The van der Waals surface area contributed by atoms with Crippen LogP contribution in [0.3, 0.4) is 0 Å². The molecular formula is C16H18Cl2FN3O3S. The van der Waals surface area contributed by atoms with Gasteiger partial charge >= 0.3 is 0 Å². The number of amides is 1. The molecule has 2 N–H and O–H groups in total. The van der Waals surface area contributed by atoms with Crippen LogP contribution in [0.2, 0.25) is 10.0 Å². The Morgan fingerprint density at radius 1 is 1.27 bits per heavy atom. The molecule has 0 fully saturated rings. The number of halogens is 3. The van der Waals surface area contributed by atoms with Gasteiger partial charge in [0.15, 0.2) is 0 Å². The maximum atomic E-state index is 13.3. The minimum Gasteiger partial charge on any atom is -0.355 e. The lowest BCUT2D eigenvalue weighted by Crippen LogP contribution is -2.40. The summed E-state index contributed by atoms with van der Waals surface area (Å²) in [7, 11) is -2.48. The van der Waals surface area contributed by atoms with Crippen molar-refractivity contribution >= 4 is 44.8 Å². The van der Waals surface area contributed by atoms with Gasteiger partial charge in [0.1, 0.15) is 16.4 Å². The summed E-state index contributed by atoms with van der Waals surface area (Å²) in [6, 6.07) is 3.78. The third-order valence-electron chi connectivity index (χ3n) is 3.32. The molecule has 0 radical (unpaired) electrons. The van der Waals surface area contributed by atoms with Crippen molar-refractivity contribution in [3.63, 3.8) is 0 Å². The normalized spacial score (nSPS) is 12.3. The summed E-state index contributed by atoms with van der Waals surface area (Å²) in [5, 5.41) is -0.371. The number of hydrogen-bond acceptors (Lipinski definition) is 3. The molecule has 1 heterocycles. The number of aromatic nitrogens is 1. The summed E-state index contributed by atoms with van der Waals surface area (Å²) in [4.78, 5) is 16.2. The van der Waals surface area contributed by atoms with Gasteiger partial charge in [0.05, 0.1) is 10.0 Å². The highest BCUT2D eigenvalue weighted by Gasteiger charge is 2.29. The predicted molar refractivity (Wildman–Crippen MR) is 100 cm³/mol. The number of carbonyl (C=O) groups is 1. The quantitative estimate of drug-likeness (QED) is 0.786. The first-order chi connectivity index (χ1) is 11.8. The molecule has 0 unspecified atom stereocenters. The van der Waals surface area contributed by atoms with E-state index in [0.29, 0.717) is 5.69 Å². The lowest BCUT2D eigenvalue weighted by Gasteiger charge is -2.20. The van der Waals surface area contributed by atoms with Crippen molar-refractivity contribution < 1.29 is 17.6 Å². The van der Waals surface area contributed by atoms with Crippen LogP contribution in [0.1, 0.15) is 31.3 Å². The van der Waals surface area contributed by atoms with Crippen LogP contribution in [0.25, 0.3) is 0 Å². The SMILES string of the molecule is CN(C(=O)c1[nH]cc(S(=O)(=O)NC(C)(C)C)c1Cl)c1ccc(F)c(Cl)c1. The van der Waals surface area contributed by atoms with Crippen LogP contribution < -0.4 is 9.62 Å². The molecule has 0 spiro atoms. The second-order valence-corrected chi connectivity index (χ2v) is 9.10. The van der Waals surface area contributed by atoms with Crippen molar-refractivity contribution in [1.82, 2.24) is 9.71 Å². The summed E-state index contributed by atoms with van der Waals surface area (Å²) < 4.78 is 40.6. The first kappa shape index (κ1) is 20.7. The third kappa shape index (κ3) is 4.37. The Morgan fingerprint density at radius 2 is 1.88 bits per heavy atom. The molecule has 26 heavy (non-hydrogen) atoms. The van der Waals surface area contributed by atoms with Gasteiger partial charge in [0.25, 0.3) is 5.91 Å². The maximum absolute atomic E-state index is 13.3. The lowest BCUT2D eigenvalue weighted by molar-refractivity contribution is 0.0989. The number of anilines is 1. The van der Waals surface area contributed by atoms with Crippen molar-refractivity contribution in [1.29, 1.82) is 0 Å². The molecule has 6 nitrogen and oxygen atoms in total. The van der Waals surface area contributed by atoms with Gasteiger partial charge in [-0.05, 0) is 39.0 Å². The van der Waals surface area contributed by atoms with Gasteiger partial charge in [-0.1, -0.05) is 23.2 Å². The summed E-state index contributed by atoms with van der Waals surface area (Å²) in [5.41, 5.74) is -0.501. The van der Waals surface area contributed by atoms with E-state index in [-0.39, 0.29) is 20.6 Å². The highest BCUT2D eigenvalue weighted by molar-refractivity contribution is 7.89. The van der Waals surface area contributed by atoms with E-state index in [1.807, 2.05) is 0 Å². The summed E-state index contributed by atoms with van der Waals surface area (Å²) >= 11 is 11.9. The molecule has 1 aromatic carbocycles. The number of sulfonamides is 1. The van der Waals surface area contributed by atoms with Crippen LogP contribution in [0, 0.1) is 5.82 Å². The summed E-state index contributed by atoms with van der Waals surface area (Å²) in [6.45, 7) is 5.05. The smallest absolute Gasteiger partial charge is 0.276 e. The molecule has 142 valence electrons. The van der Waals surface area contributed by atoms with Gasteiger partial charge in [-0.3, -0.25) is 4.79 Å². The molecule has 1 amide bonds. The first-order valence-corrected chi connectivity index (χ1v) is 9.71. The molecule has 2 aromatic rings. The standard InChI is InChI=1S/C16H18Cl2FN3O3S/c1-16(2,3)21-26(24,25)12-8-20-14(13(12)18)15(23)22(4)9-5-6-11(19)10(17)7-9/h5-8,20-21H,1-4H3. The van der Waals surface area contributed by atoms with Crippen LogP contribution >= 0.6 is 23.2 Å². The van der Waals surface area contributed by atoms with E-state index >= 15 is 0 Å². The minimum atomic E-state index is -3.92. The zero-order valence-electron chi connectivity index (χ0n) is 14.5. The van der Waals surface area contributed by atoms with Gasteiger partial charge in [0, 0.05) is 24.5 Å². The zero-order valence-corrected chi connectivity index (χ0v) is 16.9. The molecule has 0 atom stereocenters. The summed E-state index contributed by atoms with van der Waals surface area (Å²) in [6.07, 6.45) is 1.15. The number of hydrogen-bond donors (Lipinski definition) is 2. The Labute approximate surface area is 161 Å². The van der Waals surface area contributed by atoms with Crippen LogP contribution in [-0.2, 0) is 10.0 Å². The second-order valence-electron chi connectivity index (χ2n) is 6.66. The van der Waals surface area contributed by atoms with E-state index in [0.717, 1.165) is 12.3 Å². The molecule has 10 heteroatoms. The molecule has 2 rings (SSSR count). The van der Waals surface area contributed by atoms with Crippen molar-refractivity contribution in [3.8, 4) is 0 Å². The van der Waals surface area contributed by atoms with Gasteiger partial charge in [-0.2, -0.15) is 0 Å². The van der Waals surface area contributed by atoms with Crippen LogP contribution in [-0.4, -0.2) is 31.9 Å². The Hall–Kier alpha value is -1.61. The molecule has 0 saturated heterocycles. The number of rotatable bonds is 4. The van der Waals surface area contributed by atoms with E-state index in [1.54, 1.807) is 20.8 Å². The first-order valence-electron chi connectivity index (χ1n) is 7.47. The predicted octanol–water partition coefficient (Wildman–Crippen LogP) is 3.81. The van der Waals surface area contributed by atoms with Gasteiger partial charge in [-0.25, -0.2) is 17.5 Å². The number of benzene rings is 1. The fourth-order valence-corrected chi connectivity index (χ4v) is 4.31. The van der Waals surface area contributed by atoms with E-state index < -0.39 is 27.3 Å². The summed E-state index contributed by atoms with van der Waals surface area (Å²) in [5.74, 6) is -1.22. The van der Waals surface area contributed by atoms with Crippen molar-refractivity contribution in [2.45, 2.75) is 31.2 Å². The molecule has 0 aliphatic carbocycles. The highest BCUT2D eigenvalue weighted by atomic mass is 35.5. The number of nitrogens with zero attached hydrogens (tertiary/aromatic N) is 1. The lowest BCUT2D eigenvalue weighted by atomic mass is 10.1. The number of carbonyl (C=O) groups excluding carboxylic acids is 1. The third-order valence-corrected chi connectivity index (χ3v) is 5.90. The molecule has 0 aliphatic heterocycles. The molecule has 0 aliphatic rings. The number of aromatic amines is 1. The van der Waals surface area contributed by atoms with E-state index in [2.05, 4.69) is 9.71 Å². The van der Waals surface area contributed by atoms with Gasteiger partial charge in [-0.15, -0.1) is 0 Å². The molecular weight excluding hydrogens is 404 g/mol. The Balaban J connectivity index is 2.37. The van der Waals surface area contributed by atoms with Crippen molar-refractivity contribution in [3.05, 3.63) is 46.0 Å². The van der Waals surface area contributed by atoms with Crippen LogP contribution in [0.15, 0.2) is 29.3 Å². The van der Waals surface area contributed by atoms with Crippen LogP contribution in [0.4, 0.5) is 10.1 Å². The van der Waals surface area contributed by atoms with Gasteiger partial charge in [0.2, 0.25) is 10.0 Å². The average molecular weight is 422 g/mol. The van der Waals surface area contributed by atoms with Crippen LogP contribution in [0.5, 0.6) is 0 Å². The average Bonchev–Trinajstić information content (AvgIpc) is 2.88. The number of nitrogens with one attached hydrogen (secondary N) is 2. The van der Waals surface area contributed by atoms with Crippen molar-refractivity contribution in [2.24, 2.45) is 0 Å². The highest BCUT2D eigenvalue weighted by Crippen LogP contribution is 2.29. The molecule has 1 aromatic heterocycles. The Morgan fingerprint density at radius 3 is 2.42 bits per heavy atom. The maximum Gasteiger partial charge on any atom is 0.276 e. The van der Waals surface area contributed by atoms with E-state index in [1.165, 1.54) is 24.1 Å². The van der Waals surface area contributed by atoms with E-state index in [4.69, 9.17) is 23.2 Å². The largest absolute Gasteiger partial charge is 0.355 e. The zero-order chi connectivity index (χ0) is 19.9. The molecule has 0 saturated carbocycles. The van der Waals surface area contributed by atoms with E-state index in [9.17, 15) is 17.6 Å². The fraction of sp³-hybridized carbons (Fsp3) is 0.312. The number of H-pyrrole nitrogens is 1. The monoisotopic (exact) mass is 421 g/mol. The molecule has 0 bridgehead atoms. The van der Waals surface area contributed by atoms with Gasteiger partial charge < -0.3 is 9.88 Å². The topological polar surface area (TPSA) is 82.3 Å². The minimum absolute atomic E-state index is 0.108.